The van der Waals surface area contributed by atoms with Crippen LogP contribution in [0, 0.1) is 5.92 Å². The Bertz CT molecular complexity index is 421. The van der Waals surface area contributed by atoms with Crippen LogP contribution < -0.4 is 10.2 Å². The van der Waals surface area contributed by atoms with E-state index in [1.165, 1.54) is 11.3 Å². The number of anilines is 1. The quantitative estimate of drug-likeness (QED) is 0.706. The first kappa shape index (κ1) is 18.5. The van der Waals surface area contributed by atoms with Crippen molar-refractivity contribution in [1.82, 2.24) is 5.32 Å². The van der Waals surface area contributed by atoms with Gasteiger partial charge in [-0.05, 0) is 66.4 Å². The number of benzene rings is 1. The number of aliphatic hydroxyl groups excluding tert-OH is 1. The van der Waals surface area contributed by atoms with Crippen molar-refractivity contribution in [3.8, 4) is 0 Å². The maximum atomic E-state index is 9.05. The highest BCUT2D eigenvalue weighted by Crippen LogP contribution is 2.29. The van der Waals surface area contributed by atoms with Gasteiger partial charge in [-0.2, -0.15) is 0 Å². The van der Waals surface area contributed by atoms with Crippen LogP contribution in [0.25, 0.3) is 0 Å². The van der Waals surface area contributed by atoms with Crippen LogP contribution in [0.2, 0.25) is 0 Å². The summed E-state index contributed by atoms with van der Waals surface area (Å²) in [5, 5.41) is 12.5. The lowest BCUT2D eigenvalue weighted by molar-refractivity contribution is 0.288. The second kappa shape index (κ2) is 9.44. The fourth-order valence-electron chi connectivity index (χ4n) is 2.30. The third-order valence-electron chi connectivity index (χ3n) is 3.38. The predicted molar refractivity (Wildman–Crippen MR) is 94.9 cm³/mol. The van der Waals surface area contributed by atoms with Crippen molar-refractivity contribution in [1.29, 1.82) is 0 Å². The number of hydrogen-bond acceptors (Lipinski definition) is 3. The van der Waals surface area contributed by atoms with Gasteiger partial charge in [0.1, 0.15) is 0 Å². The summed E-state index contributed by atoms with van der Waals surface area (Å²) in [6.45, 7) is 11.8. The Labute approximate surface area is 137 Å². The fourth-order valence-corrected chi connectivity index (χ4v) is 2.95. The van der Waals surface area contributed by atoms with E-state index < -0.39 is 0 Å². The van der Waals surface area contributed by atoms with E-state index in [4.69, 9.17) is 5.11 Å². The van der Waals surface area contributed by atoms with E-state index in [1.54, 1.807) is 0 Å². The maximum Gasteiger partial charge on any atom is 0.0513 e. The Balaban J connectivity index is 2.75. The van der Waals surface area contributed by atoms with Gasteiger partial charge in [0.2, 0.25) is 0 Å². The molecule has 0 aliphatic carbocycles. The van der Waals surface area contributed by atoms with Gasteiger partial charge in [-0.15, -0.1) is 0 Å². The molecule has 0 bridgehead atoms. The number of hydrogen-bond donors (Lipinski definition) is 2. The molecule has 0 aliphatic rings. The predicted octanol–water partition coefficient (Wildman–Crippen LogP) is 3.79. The van der Waals surface area contributed by atoms with Crippen LogP contribution in [-0.2, 0) is 6.54 Å². The molecule has 0 amide bonds. The molecule has 120 valence electrons. The lowest BCUT2D eigenvalue weighted by Crippen LogP contribution is -2.32. The van der Waals surface area contributed by atoms with Gasteiger partial charge in [0, 0.05) is 30.2 Å². The molecule has 21 heavy (non-hydrogen) atoms. The van der Waals surface area contributed by atoms with Crippen molar-refractivity contribution in [2.75, 3.05) is 24.6 Å². The summed E-state index contributed by atoms with van der Waals surface area (Å²) >= 11 is 3.70. The van der Waals surface area contributed by atoms with Crippen LogP contribution in [0.15, 0.2) is 22.7 Å². The molecule has 0 saturated carbocycles. The molecule has 0 spiro atoms. The molecule has 0 saturated heterocycles. The minimum Gasteiger partial charge on any atom is -0.396 e. The van der Waals surface area contributed by atoms with Crippen LogP contribution >= 0.6 is 15.9 Å². The van der Waals surface area contributed by atoms with Crippen LogP contribution in [0.4, 0.5) is 5.69 Å². The second-order valence-corrected chi connectivity index (χ2v) is 7.03. The summed E-state index contributed by atoms with van der Waals surface area (Å²) in [7, 11) is 0. The number of halogens is 1. The lowest BCUT2D eigenvalue weighted by Gasteiger charge is -2.30. The van der Waals surface area contributed by atoms with Gasteiger partial charge in [-0.1, -0.05) is 19.9 Å². The number of aliphatic hydroxyl groups is 1. The minimum absolute atomic E-state index is 0.234. The number of nitrogens with one attached hydrogen (secondary N) is 1. The van der Waals surface area contributed by atoms with E-state index in [2.05, 4.69) is 72.0 Å². The van der Waals surface area contributed by atoms with Gasteiger partial charge in [0.05, 0.1) is 5.69 Å². The van der Waals surface area contributed by atoms with E-state index in [0.717, 1.165) is 30.5 Å². The Morgan fingerprint density at radius 2 is 1.95 bits per heavy atom. The average molecular weight is 357 g/mol. The highest BCUT2D eigenvalue weighted by atomic mass is 79.9. The Morgan fingerprint density at radius 3 is 2.48 bits per heavy atom. The lowest BCUT2D eigenvalue weighted by atomic mass is 10.1. The van der Waals surface area contributed by atoms with Crippen molar-refractivity contribution >= 4 is 21.6 Å². The minimum atomic E-state index is 0.234. The first-order valence-corrected chi connectivity index (χ1v) is 8.61. The molecule has 0 aromatic heterocycles. The van der Waals surface area contributed by atoms with Gasteiger partial charge in [0.25, 0.3) is 0 Å². The average Bonchev–Trinajstić information content (AvgIpc) is 2.40. The largest absolute Gasteiger partial charge is 0.396 e. The molecule has 4 heteroatoms. The highest BCUT2D eigenvalue weighted by Gasteiger charge is 2.13. The molecule has 2 N–H and O–H groups in total. The van der Waals surface area contributed by atoms with Crippen LogP contribution in [0.5, 0.6) is 0 Å². The summed E-state index contributed by atoms with van der Waals surface area (Å²) in [5.41, 5.74) is 2.49. The summed E-state index contributed by atoms with van der Waals surface area (Å²) in [6.07, 6.45) is 0.794. The summed E-state index contributed by atoms with van der Waals surface area (Å²) < 4.78 is 1.12. The molecule has 0 radical (unpaired) electrons. The zero-order valence-electron chi connectivity index (χ0n) is 13.7. The third-order valence-corrected chi connectivity index (χ3v) is 4.02. The molecule has 0 heterocycles. The molecule has 0 atom stereocenters. The third kappa shape index (κ3) is 6.37. The molecule has 3 nitrogen and oxygen atoms in total. The van der Waals surface area contributed by atoms with Gasteiger partial charge in [-0.3, -0.25) is 0 Å². The van der Waals surface area contributed by atoms with Crippen molar-refractivity contribution in [3.05, 3.63) is 28.2 Å². The number of nitrogens with zero attached hydrogens (tertiary/aromatic N) is 1. The van der Waals surface area contributed by atoms with E-state index in [9.17, 15) is 0 Å². The topological polar surface area (TPSA) is 35.5 Å². The zero-order valence-corrected chi connectivity index (χ0v) is 15.3. The molecule has 1 aromatic rings. The summed E-state index contributed by atoms with van der Waals surface area (Å²) in [4.78, 5) is 2.33. The normalized spacial score (nSPS) is 11.4. The van der Waals surface area contributed by atoms with E-state index in [0.29, 0.717) is 12.0 Å². The SMILES string of the molecule is CC(C)CNCc1ccc(N(CCCO)C(C)C)c(Br)c1. The molecule has 0 aliphatic heterocycles. The van der Waals surface area contributed by atoms with E-state index in [-0.39, 0.29) is 6.61 Å². The van der Waals surface area contributed by atoms with Gasteiger partial charge in [0.15, 0.2) is 0 Å². The van der Waals surface area contributed by atoms with Crippen LogP contribution in [0.3, 0.4) is 0 Å². The van der Waals surface area contributed by atoms with E-state index >= 15 is 0 Å². The summed E-state index contributed by atoms with van der Waals surface area (Å²) in [5.74, 6) is 0.669. The summed E-state index contributed by atoms with van der Waals surface area (Å²) in [6, 6.07) is 6.96. The second-order valence-electron chi connectivity index (χ2n) is 6.17. The van der Waals surface area contributed by atoms with Crippen molar-refractivity contribution < 1.29 is 5.11 Å². The van der Waals surface area contributed by atoms with Crippen molar-refractivity contribution in [2.24, 2.45) is 5.92 Å². The maximum absolute atomic E-state index is 9.05. The smallest absolute Gasteiger partial charge is 0.0513 e. The molecule has 0 fully saturated rings. The van der Waals surface area contributed by atoms with Gasteiger partial charge >= 0.3 is 0 Å². The Morgan fingerprint density at radius 1 is 1.24 bits per heavy atom. The molecule has 0 unspecified atom stereocenters. The number of rotatable bonds is 9. The van der Waals surface area contributed by atoms with Crippen LogP contribution in [0.1, 0.15) is 39.7 Å². The van der Waals surface area contributed by atoms with Gasteiger partial charge < -0.3 is 15.3 Å². The van der Waals surface area contributed by atoms with E-state index in [1.807, 2.05) is 0 Å². The first-order chi connectivity index (χ1) is 9.95. The molecular weight excluding hydrogens is 328 g/mol. The van der Waals surface area contributed by atoms with Gasteiger partial charge in [-0.25, -0.2) is 0 Å². The molecular formula is C17H29BrN2O. The standard InChI is InChI=1S/C17H29BrN2O/c1-13(2)11-19-12-15-6-7-17(16(18)10-15)20(14(3)4)8-5-9-21/h6-7,10,13-14,19,21H,5,8-9,11-12H2,1-4H3. The monoisotopic (exact) mass is 356 g/mol. The Hall–Kier alpha value is -0.580. The highest BCUT2D eigenvalue weighted by molar-refractivity contribution is 9.10. The zero-order chi connectivity index (χ0) is 15.8. The molecule has 1 aromatic carbocycles. The molecule has 1 rings (SSSR count). The first-order valence-electron chi connectivity index (χ1n) is 7.82. The Kier molecular flexibility index (Phi) is 8.30. The van der Waals surface area contributed by atoms with Crippen LogP contribution in [-0.4, -0.2) is 30.8 Å². The fraction of sp³-hybridized carbons (Fsp3) is 0.647. The van der Waals surface area contributed by atoms with Crippen molar-refractivity contribution in [2.45, 2.75) is 46.7 Å². The van der Waals surface area contributed by atoms with Crippen molar-refractivity contribution in [3.63, 3.8) is 0 Å².